The van der Waals surface area contributed by atoms with E-state index in [4.69, 9.17) is 24.3 Å². The maximum Gasteiger partial charge on any atom is 0.472 e. The minimum Gasteiger partial charge on any atom is -0.347 e. The molecule has 0 saturated carbocycles. The summed E-state index contributed by atoms with van der Waals surface area (Å²) in [6.45, 7) is 5.08. The average molecular weight is 676 g/mol. The first-order chi connectivity index (χ1) is 22.5. The Kier molecular flexibility index (Phi) is 29.7. The first-order valence-corrected chi connectivity index (χ1v) is 21.6. The van der Waals surface area contributed by atoms with Gasteiger partial charge in [0.15, 0.2) is 5.79 Å². The number of hydrogen-bond donors (Lipinski definition) is 2. The zero-order valence-corrected chi connectivity index (χ0v) is 31.5. The molecule has 0 aliphatic carbocycles. The van der Waals surface area contributed by atoms with Crippen LogP contribution in [0.2, 0.25) is 0 Å². The molecule has 0 aromatic heterocycles. The van der Waals surface area contributed by atoms with Crippen LogP contribution in [0.25, 0.3) is 0 Å². The summed E-state index contributed by atoms with van der Waals surface area (Å²) in [5.74, 6) is -0.597. The van der Waals surface area contributed by atoms with E-state index in [-0.39, 0.29) is 25.9 Å². The highest BCUT2D eigenvalue weighted by atomic mass is 31.2. The molecular weight excluding hydrogens is 597 g/mol. The van der Waals surface area contributed by atoms with Crippen LogP contribution in [0.1, 0.15) is 206 Å². The van der Waals surface area contributed by atoms with Crippen LogP contribution in [-0.4, -0.2) is 43.1 Å². The van der Waals surface area contributed by atoms with Crippen LogP contribution in [0, 0.1) is 0 Å². The molecule has 0 aromatic rings. The lowest BCUT2D eigenvalue weighted by molar-refractivity contribution is -0.182. The van der Waals surface area contributed by atoms with Crippen LogP contribution in [0.15, 0.2) is 0 Å². The fourth-order valence-electron chi connectivity index (χ4n) is 6.65. The maximum atomic E-state index is 12.1. The minimum atomic E-state index is -4.12. The zero-order chi connectivity index (χ0) is 33.4. The van der Waals surface area contributed by atoms with Crippen molar-refractivity contribution in [2.45, 2.75) is 218 Å². The van der Waals surface area contributed by atoms with Crippen LogP contribution in [0.4, 0.5) is 0 Å². The molecule has 7 nitrogen and oxygen atoms in total. The number of unbranched alkanes of at least 4 members (excludes halogenated alkanes) is 26. The van der Waals surface area contributed by atoms with E-state index in [0.717, 1.165) is 25.7 Å². The van der Waals surface area contributed by atoms with Gasteiger partial charge in [-0.05, 0) is 12.8 Å². The first-order valence-electron chi connectivity index (χ1n) is 20.1. The third kappa shape index (κ3) is 25.9. The van der Waals surface area contributed by atoms with Crippen LogP contribution in [0.3, 0.4) is 0 Å². The lowest BCUT2D eigenvalue weighted by Crippen LogP contribution is -2.32. The highest BCUT2D eigenvalue weighted by Gasteiger charge is 2.41. The second-order valence-electron chi connectivity index (χ2n) is 14.0. The number of ether oxygens (including phenoxy) is 2. The van der Waals surface area contributed by atoms with Crippen molar-refractivity contribution in [3.05, 3.63) is 0 Å². The average Bonchev–Trinajstić information content (AvgIpc) is 3.46. The molecule has 8 heteroatoms. The van der Waals surface area contributed by atoms with Gasteiger partial charge in [-0.2, -0.15) is 0 Å². The second-order valence-corrected chi connectivity index (χ2v) is 15.5. The van der Waals surface area contributed by atoms with Gasteiger partial charge < -0.3 is 20.1 Å². The van der Waals surface area contributed by atoms with Gasteiger partial charge in [0.2, 0.25) is 0 Å². The highest BCUT2D eigenvalue weighted by molar-refractivity contribution is 7.47. The molecule has 0 amide bonds. The Morgan fingerprint density at radius 1 is 0.609 bits per heavy atom. The van der Waals surface area contributed by atoms with Gasteiger partial charge in [0.1, 0.15) is 6.10 Å². The minimum absolute atomic E-state index is 0.0159. The van der Waals surface area contributed by atoms with E-state index < -0.39 is 13.6 Å². The van der Waals surface area contributed by atoms with Crippen molar-refractivity contribution < 1.29 is 28.0 Å². The SMILES string of the molecule is CCCCCCCCCCCCCCCCC1(CCCCCCCCCCCCCCCC)OCC(COP(=O)(O)OCCN)O1. The number of nitrogens with two attached hydrogens (primary N) is 1. The van der Waals surface area contributed by atoms with Crippen molar-refractivity contribution in [2.24, 2.45) is 5.73 Å². The summed E-state index contributed by atoms with van der Waals surface area (Å²) >= 11 is 0. The van der Waals surface area contributed by atoms with Crippen molar-refractivity contribution in [3.63, 3.8) is 0 Å². The van der Waals surface area contributed by atoms with Gasteiger partial charge in [-0.1, -0.05) is 181 Å². The Balaban J connectivity index is 2.26. The second kappa shape index (κ2) is 31.0. The predicted molar refractivity (Wildman–Crippen MR) is 194 cm³/mol. The van der Waals surface area contributed by atoms with E-state index in [0.29, 0.717) is 6.61 Å². The summed E-state index contributed by atoms with van der Waals surface area (Å²) in [7, 11) is -4.12. The van der Waals surface area contributed by atoms with Gasteiger partial charge in [0.05, 0.1) is 19.8 Å². The number of rotatable bonds is 36. The van der Waals surface area contributed by atoms with E-state index in [1.54, 1.807) is 0 Å². The van der Waals surface area contributed by atoms with E-state index in [1.165, 1.54) is 167 Å². The molecular formula is C38H78NO6P. The number of phosphoric ester groups is 1. The van der Waals surface area contributed by atoms with Crippen molar-refractivity contribution >= 4 is 7.82 Å². The summed E-state index contributed by atoms with van der Waals surface area (Å²) in [4.78, 5) is 9.88. The zero-order valence-electron chi connectivity index (χ0n) is 30.6. The summed E-state index contributed by atoms with van der Waals surface area (Å²) in [6.07, 6.45) is 38.9. The number of hydrogen-bond acceptors (Lipinski definition) is 6. The predicted octanol–water partition coefficient (Wildman–Crippen LogP) is 11.9. The van der Waals surface area contributed by atoms with Gasteiger partial charge in [-0.15, -0.1) is 0 Å². The van der Waals surface area contributed by atoms with Crippen LogP contribution < -0.4 is 5.73 Å². The molecule has 0 bridgehead atoms. The fraction of sp³-hybridized carbons (Fsp3) is 1.00. The van der Waals surface area contributed by atoms with E-state index in [2.05, 4.69) is 13.8 Å². The number of phosphoric acid groups is 1. The molecule has 1 fully saturated rings. The fourth-order valence-corrected chi connectivity index (χ4v) is 7.41. The Labute approximate surface area is 285 Å². The molecule has 1 aliphatic heterocycles. The maximum absolute atomic E-state index is 12.1. The van der Waals surface area contributed by atoms with Gasteiger partial charge in [0.25, 0.3) is 0 Å². The van der Waals surface area contributed by atoms with E-state index in [9.17, 15) is 9.46 Å². The van der Waals surface area contributed by atoms with Crippen molar-refractivity contribution in [1.82, 2.24) is 0 Å². The van der Waals surface area contributed by atoms with Crippen LogP contribution in [-0.2, 0) is 23.1 Å². The lowest BCUT2D eigenvalue weighted by atomic mass is 9.98. The Bertz CT molecular complexity index is 664. The van der Waals surface area contributed by atoms with Gasteiger partial charge in [0, 0.05) is 19.4 Å². The molecule has 1 rings (SSSR count). The van der Waals surface area contributed by atoms with Gasteiger partial charge >= 0.3 is 7.82 Å². The Morgan fingerprint density at radius 2 is 0.957 bits per heavy atom. The molecule has 2 unspecified atom stereocenters. The van der Waals surface area contributed by atoms with Gasteiger partial charge in [-0.25, -0.2) is 4.57 Å². The Morgan fingerprint density at radius 3 is 1.30 bits per heavy atom. The summed E-state index contributed by atoms with van der Waals surface area (Å²) in [5.41, 5.74) is 5.38. The quantitative estimate of drug-likeness (QED) is 0.0503. The van der Waals surface area contributed by atoms with E-state index in [1.807, 2.05) is 0 Å². The monoisotopic (exact) mass is 676 g/mol. The molecule has 1 heterocycles. The third-order valence-electron chi connectivity index (χ3n) is 9.53. The van der Waals surface area contributed by atoms with Crippen LogP contribution >= 0.6 is 7.82 Å². The molecule has 1 saturated heterocycles. The molecule has 276 valence electrons. The molecule has 0 spiro atoms. The largest absolute Gasteiger partial charge is 0.472 e. The summed E-state index contributed by atoms with van der Waals surface area (Å²) < 4.78 is 34.9. The molecule has 3 N–H and O–H groups in total. The standard InChI is InChI=1S/C38H78NO6P/c1-3-5-7-9-11-13-15-17-19-21-23-25-27-29-31-38(42-35-37(45-38)36-44-46(40,41)43-34-33-39)32-30-28-26-24-22-20-18-16-14-12-10-8-6-4-2/h37H,3-36,39H2,1-2H3,(H,40,41). The van der Waals surface area contributed by atoms with Crippen LogP contribution in [0.5, 0.6) is 0 Å². The summed E-state index contributed by atoms with van der Waals surface area (Å²) in [6, 6.07) is 0. The molecule has 0 aromatic carbocycles. The Hall–Kier alpha value is -0.0100. The summed E-state index contributed by atoms with van der Waals surface area (Å²) in [5, 5.41) is 0. The molecule has 0 radical (unpaired) electrons. The normalized spacial score (nSPS) is 17.5. The first kappa shape index (κ1) is 44.0. The third-order valence-corrected chi connectivity index (χ3v) is 10.5. The van der Waals surface area contributed by atoms with Crippen molar-refractivity contribution in [1.29, 1.82) is 0 Å². The van der Waals surface area contributed by atoms with E-state index >= 15 is 0 Å². The lowest BCUT2D eigenvalue weighted by Gasteiger charge is -2.28. The smallest absolute Gasteiger partial charge is 0.347 e. The molecule has 1 aliphatic rings. The van der Waals surface area contributed by atoms with Crippen molar-refractivity contribution in [2.75, 3.05) is 26.4 Å². The molecule has 46 heavy (non-hydrogen) atoms. The highest BCUT2D eigenvalue weighted by Crippen LogP contribution is 2.44. The van der Waals surface area contributed by atoms with Crippen molar-refractivity contribution in [3.8, 4) is 0 Å². The molecule has 2 atom stereocenters. The topological polar surface area (TPSA) is 100 Å². The van der Waals surface area contributed by atoms with Gasteiger partial charge in [-0.3, -0.25) is 9.05 Å².